The number of hydrogen-bond donors (Lipinski definition) is 1. The zero-order chi connectivity index (χ0) is 20.8. The summed E-state index contributed by atoms with van der Waals surface area (Å²) in [7, 11) is 0. The number of carbonyl (C=O) groups is 1. The Morgan fingerprint density at radius 1 is 1.10 bits per heavy atom. The molecule has 6 heteroatoms. The van der Waals surface area contributed by atoms with Gasteiger partial charge in [0.05, 0.1) is 11.6 Å². The lowest BCUT2D eigenvalue weighted by atomic mass is 10.2. The van der Waals surface area contributed by atoms with Crippen LogP contribution in [-0.4, -0.2) is 23.2 Å². The van der Waals surface area contributed by atoms with E-state index in [2.05, 4.69) is 11.4 Å². The normalized spacial score (nSPS) is 15.4. The van der Waals surface area contributed by atoms with Gasteiger partial charge in [0.15, 0.2) is 0 Å². The summed E-state index contributed by atoms with van der Waals surface area (Å²) in [6.07, 6.45) is 0. The van der Waals surface area contributed by atoms with Crippen LogP contribution in [0.4, 0.5) is 10.5 Å². The van der Waals surface area contributed by atoms with E-state index in [0.717, 1.165) is 22.6 Å². The number of amides is 2. The van der Waals surface area contributed by atoms with Gasteiger partial charge in [-0.05, 0) is 41.5 Å². The van der Waals surface area contributed by atoms with Gasteiger partial charge >= 0.3 is 6.03 Å². The van der Waals surface area contributed by atoms with Gasteiger partial charge in [-0.15, -0.1) is 11.8 Å². The van der Waals surface area contributed by atoms with E-state index in [1.54, 1.807) is 36.0 Å². The van der Waals surface area contributed by atoms with Crippen molar-refractivity contribution in [3.63, 3.8) is 0 Å². The summed E-state index contributed by atoms with van der Waals surface area (Å²) in [6, 6.07) is 26.8. The lowest BCUT2D eigenvalue weighted by Gasteiger charge is -2.25. The van der Waals surface area contributed by atoms with Crippen LogP contribution in [0.1, 0.15) is 22.1 Å². The Labute approximate surface area is 180 Å². The van der Waals surface area contributed by atoms with Crippen molar-refractivity contribution in [1.82, 2.24) is 4.90 Å². The third kappa shape index (κ3) is 4.76. The zero-order valence-corrected chi connectivity index (χ0v) is 17.1. The van der Waals surface area contributed by atoms with Gasteiger partial charge in [0.1, 0.15) is 17.7 Å². The lowest BCUT2D eigenvalue weighted by Crippen LogP contribution is -2.34. The number of nitrogens with one attached hydrogen (secondary N) is 1. The predicted octanol–water partition coefficient (Wildman–Crippen LogP) is 5.42. The van der Waals surface area contributed by atoms with Gasteiger partial charge in [0, 0.05) is 18.0 Å². The molecule has 5 nitrogen and oxygen atoms in total. The minimum atomic E-state index is -0.171. The van der Waals surface area contributed by atoms with Crippen LogP contribution in [0.25, 0.3) is 0 Å². The Bertz CT molecular complexity index is 1070. The van der Waals surface area contributed by atoms with Crippen LogP contribution in [0.5, 0.6) is 5.75 Å². The molecule has 0 bridgehead atoms. The fourth-order valence-electron chi connectivity index (χ4n) is 3.31. The summed E-state index contributed by atoms with van der Waals surface area (Å²) in [6.45, 7) is 1.16. The van der Waals surface area contributed by atoms with Crippen LogP contribution < -0.4 is 10.1 Å². The quantitative estimate of drug-likeness (QED) is 0.605. The first-order valence-electron chi connectivity index (χ1n) is 9.69. The van der Waals surface area contributed by atoms with Crippen molar-refractivity contribution in [2.45, 2.75) is 12.0 Å². The van der Waals surface area contributed by atoms with E-state index in [-0.39, 0.29) is 11.4 Å². The molecule has 0 aromatic heterocycles. The van der Waals surface area contributed by atoms with Crippen LogP contribution in [0.3, 0.4) is 0 Å². The average molecular weight is 416 g/mol. The van der Waals surface area contributed by atoms with E-state index in [4.69, 9.17) is 10.00 Å². The molecule has 1 aliphatic heterocycles. The standard InChI is InChI=1S/C24H21N3O2S/c25-16-19-8-4-10-21(14-19)26-24(28)27-12-13-30-23(27)20-9-5-11-22(15-20)29-17-18-6-2-1-3-7-18/h1-11,14-15,23H,12-13,17H2,(H,26,28). The molecule has 3 aromatic carbocycles. The van der Waals surface area contributed by atoms with Crippen LogP contribution >= 0.6 is 11.8 Å². The number of nitriles is 1. The maximum Gasteiger partial charge on any atom is 0.323 e. The van der Waals surface area contributed by atoms with E-state index in [1.165, 1.54) is 0 Å². The van der Waals surface area contributed by atoms with Crippen LogP contribution in [0.2, 0.25) is 0 Å². The molecule has 30 heavy (non-hydrogen) atoms. The van der Waals surface area contributed by atoms with Gasteiger partial charge in [-0.1, -0.05) is 48.5 Å². The fourth-order valence-corrected chi connectivity index (χ4v) is 4.56. The van der Waals surface area contributed by atoms with Crippen molar-refractivity contribution < 1.29 is 9.53 Å². The van der Waals surface area contributed by atoms with Crippen molar-refractivity contribution in [3.05, 3.63) is 95.6 Å². The van der Waals surface area contributed by atoms with Crippen molar-refractivity contribution in [3.8, 4) is 11.8 Å². The summed E-state index contributed by atoms with van der Waals surface area (Å²) < 4.78 is 5.95. The smallest absolute Gasteiger partial charge is 0.323 e. The van der Waals surface area contributed by atoms with Crippen molar-refractivity contribution in [1.29, 1.82) is 5.26 Å². The maximum atomic E-state index is 12.9. The number of anilines is 1. The molecule has 0 spiro atoms. The Kier molecular flexibility index (Phi) is 6.21. The first-order valence-corrected chi connectivity index (χ1v) is 10.7. The molecule has 1 aliphatic rings. The summed E-state index contributed by atoms with van der Waals surface area (Å²) in [5.41, 5.74) is 3.28. The lowest BCUT2D eigenvalue weighted by molar-refractivity contribution is 0.214. The highest BCUT2D eigenvalue weighted by Gasteiger charge is 2.31. The van der Waals surface area contributed by atoms with Gasteiger partial charge in [-0.25, -0.2) is 4.79 Å². The summed E-state index contributed by atoms with van der Waals surface area (Å²) in [5.74, 6) is 1.65. The molecular weight excluding hydrogens is 394 g/mol. The SMILES string of the molecule is N#Cc1cccc(NC(=O)N2CCSC2c2cccc(OCc3ccccc3)c2)c1. The molecule has 1 saturated heterocycles. The second kappa shape index (κ2) is 9.38. The minimum Gasteiger partial charge on any atom is -0.489 e. The van der Waals surface area contributed by atoms with Gasteiger partial charge in [0.25, 0.3) is 0 Å². The molecule has 1 atom stereocenters. The van der Waals surface area contributed by atoms with E-state index in [0.29, 0.717) is 24.4 Å². The van der Waals surface area contributed by atoms with E-state index < -0.39 is 0 Å². The molecule has 0 radical (unpaired) electrons. The van der Waals surface area contributed by atoms with Crippen LogP contribution in [0, 0.1) is 11.3 Å². The Hall–Kier alpha value is -3.43. The Morgan fingerprint density at radius 3 is 2.77 bits per heavy atom. The van der Waals surface area contributed by atoms with Crippen molar-refractivity contribution >= 4 is 23.5 Å². The predicted molar refractivity (Wildman–Crippen MR) is 119 cm³/mol. The van der Waals surface area contributed by atoms with Gasteiger partial charge < -0.3 is 15.0 Å². The third-order valence-corrected chi connectivity index (χ3v) is 6.05. The van der Waals surface area contributed by atoms with Gasteiger partial charge in [-0.2, -0.15) is 5.26 Å². The number of urea groups is 1. The highest BCUT2D eigenvalue weighted by Crippen LogP contribution is 2.39. The highest BCUT2D eigenvalue weighted by atomic mass is 32.2. The number of thioether (sulfide) groups is 1. The second-order valence-corrected chi connectivity index (χ2v) is 8.07. The van der Waals surface area contributed by atoms with E-state index in [1.807, 2.05) is 59.5 Å². The number of rotatable bonds is 5. The molecule has 2 amide bonds. The van der Waals surface area contributed by atoms with Crippen molar-refractivity contribution in [2.24, 2.45) is 0 Å². The molecule has 1 N–H and O–H groups in total. The Morgan fingerprint density at radius 2 is 1.93 bits per heavy atom. The number of ether oxygens (including phenoxy) is 1. The first-order chi connectivity index (χ1) is 14.7. The van der Waals surface area contributed by atoms with Crippen LogP contribution in [0.15, 0.2) is 78.9 Å². The number of benzene rings is 3. The highest BCUT2D eigenvalue weighted by molar-refractivity contribution is 7.99. The van der Waals surface area contributed by atoms with Crippen LogP contribution in [-0.2, 0) is 6.61 Å². The van der Waals surface area contributed by atoms with E-state index >= 15 is 0 Å². The first kappa shape index (κ1) is 19.9. The maximum absolute atomic E-state index is 12.9. The topological polar surface area (TPSA) is 65.4 Å². The number of hydrogen-bond acceptors (Lipinski definition) is 4. The summed E-state index contributed by atoms with van der Waals surface area (Å²) in [4.78, 5) is 14.7. The average Bonchev–Trinajstić information content (AvgIpc) is 3.29. The summed E-state index contributed by atoms with van der Waals surface area (Å²) >= 11 is 1.73. The van der Waals surface area contributed by atoms with Crippen molar-refractivity contribution in [2.75, 3.05) is 17.6 Å². The molecule has 1 fully saturated rings. The molecule has 4 rings (SSSR count). The van der Waals surface area contributed by atoms with Gasteiger partial charge in [-0.3, -0.25) is 0 Å². The number of nitrogens with zero attached hydrogens (tertiary/aromatic N) is 2. The summed E-state index contributed by atoms with van der Waals surface area (Å²) in [5, 5.41) is 11.9. The Balaban J connectivity index is 1.45. The molecule has 0 aliphatic carbocycles. The monoisotopic (exact) mass is 415 g/mol. The largest absolute Gasteiger partial charge is 0.489 e. The van der Waals surface area contributed by atoms with Gasteiger partial charge in [0.2, 0.25) is 0 Å². The number of carbonyl (C=O) groups excluding carboxylic acids is 1. The minimum absolute atomic E-state index is 0.0792. The molecule has 1 heterocycles. The zero-order valence-electron chi connectivity index (χ0n) is 16.3. The molecule has 3 aromatic rings. The molecule has 150 valence electrons. The third-order valence-electron chi connectivity index (χ3n) is 4.79. The molecule has 0 saturated carbocycles. The molecule has 1 unspecified atom stereocenters. The second-order valence-electron chi connectivity index (χ2n) is 6.89. The fraction of sp³-hybridized carbons (Fsp3) is 0.167. The molecular formula is C24H21N3O2S. The van der Waals surface area contributed by atoms with E-state index in [9.17, 15) is 4.79 Å².